The third-order valence-electron chi connectivity index (χ3n) is 8.24. The molecule has 2 aromatic heterocycles. The third-order valence-corrected chi connectivity index (χ3v) is 8.24. The van der Waals surface area contributed by atoms with Crippen LogP contribution in [0, 0.1) is 5.41 Å². The number of nitrogens with two attached hydrogens (primary N) is 2. The normalized spacial score (nSPS) is 15.6. The number of rotatable bonds is 15. The Bertz CT molecular complexity index is 1200. The number of pyridine rings is 1. The molecule has 1 aromatic carbocycles. The van der Waals surface area contributed by atoms with Crippen LogP contribution in [0.25, 0.3) is 21.9 Å². The number of aromatic nitrogens is 3. The summed E-state index contributed by atoms with van der Waals surface area (Å²) in [6, 6.07) is 6.52. The maximum absolute atomic E-state index is 10.0. The molecule has 39 heavy (non-hydrogen) atoms. The van der Waals surface area contributed by atoms with E-state index in [-0.39, 0.29) is 13.2 Å². The fourth-order valence-corrected chi connectivity index (χ4v) is 5.61. The lowest BCUT2D eigenvalue weighted by molar-refractivity contribution is 0.0557. The molecule has 1 aliphatic heterocycles. The first-order chi connectivity index (χ1) is 18.9. The van der Waals surface area contributed by atoms with Crippen molar-refractivity contribution in [3.05, 3.63) is 29.6 Å². The Kier molecular flexibility index (Phi) is 10.5. The molecule has 0 bridgehead atoms. The second-order valence-electron chi connectivity index (χ2n) is 11.7. The maximum Gasteiger partial charge on any atom is 0.152 e. The second-order valence-corrected chi connectivity index (χ2v) is 11.7. The van der Waals surface area contributed by atoms with Crippen LogP contribution in [0.2, 0.25) is 0 Å². The van der Waals surface area contributed by atoms with Gasteiger partial charge in [0.1, 0.15) is 11.3 Å². The number of anilines is 1. The smallest absolute Gasteiger partial charge is 0.152 e. The van der Waals surface area contributed by atoms with Crippen LogP contribution in [-0.4, -0.2) is 93.6 Å². The van der Waals surface area contributed by atoms with Crippen molar-refractivity contribution in [1.82, 2.24) is 24.3 Å². The number of unbranched alkanes of at least 4 members (excludes halogenated alkanes) is 2. The third kappa shape index (κ3) is 7.27. The Morgan fingerprint density at radius 1 is 0.923 bits per heavy atom. The van der Waals surface area contributed by atoms with Crippen molar-refractivity contribution in [1.29, 1.82) is 0 Å². The molecule has 0 amide bonds. The monoisotopic (exact) mass is 539 g/mol. The first kappa shape index (κ1) is 29.7. The number of benzene rings is 1. The molecule has 0 unspecified atom stereocenters. The van der Waals surface area contributed by atoms with Gasteiger partial charge in [-0.05, 0) is 63.4 Å². The van der Waals surface area contributed by atoms with E-state index in [2.05, 4.69) is 39.5 Å². The summed E-state index contributed by atoms with van der Waals surface area (Å²) in [7, 11) is 0. The molecule has 0 spiro atoms. The first-order valence-corrected chi connectivity index (χ1v) is 14.8. The number of piperazine rings is 1. The Balaban J connectivity index is 1.49. The van der Waals surface area contributed by atoms with E-state index in [0.717, 1.165) is 100 Å². The van der Waals surface area contributed by atoms with Gasteiger partial charge in [0.05, 0.1) is 24.2 Å². The van der Waals surface area contributed by atoms with Crippen LogP contribution in [0.15, 0.2) is 18.2 Å². The minimum atomic E-state index is -0.658. The van der Waals surface area contributed by atoms with E-state index in [1.807, 2.05) is 6.92 Å². The molecule has 0 radical (unpaired) electrons. The van der Waals surface area contributed by atoms with Gasteiger partial charge in [0.2, 0.25) is 0 Å². The molecule has 4 rings (SSSR count). The highest BCUT2D eigenvalue weighted by atomic mass is 16.3. The summed E-state index contributed by atoms with van der Waals surface area (Å²) < 4.78 is 2.16. The van der Waals surface area contributed by atoms with Gasteiger partial charge >= 0.3 is 0 Å². The summed E-state index contributed by atoms with van der Waals surface area (Å²) in [5.41, 5.74) is 15.2. The fraction of sp³-hybridized carbons (Fsp3) is 0.667. The average Bonchev–Trinajstić information content (AvgIpc) is 3.31. The quantitative estimate of drug-likeness (QED) is 0.217. The summed E-state index contributed by atoms with van der Waals surface area (Å²) in [6.45, 7) is 12.0. The molecule has 0 atom stereocenters. The average molecular weight is 540 g/mol. The van der Waals surface area contributed by atoms with Crippen LogP contribution < -0.4 is 11.5 Å². The van der Waals surface area contributed by atoms with E-state index in [4.69, 9.17) is 21.4 Å². The van der Waals surface area contributed by atoms with Crippen molar-refractivity contribution in [2.45, 2.75) is 65.3 Å². The number of hydrogen-bond donors (Lipinski definition) is 4. The van der Waals surface area contributed by atoms with Crippen LogP contribution >= 0.6 is 0 Å². The maximum atomic E-state index is 10.0. The predicted octanol–water partition coefficient (Wildman–Crippen LogP) is 2.79. The van der Waals surface area contributed by atoms with Crippen molar-refractivity contribution in [2.24, 2.45) is 11.1 Å². The number of nitrogens with zero attached hydrogens (tertiary/aromatic N) is 5. The zero-order valence-electron chi connectivity index (χ0n) is 24.0. The van der Waals surface area contributed by atoms with E-state index in [1.54, 1.807) is 0 Å². The lowest BCUT2D eigenvalue weighted by Gasteiger charge is -2.34. The van der Waals surface area contributed by atoms with E-state index < -0.39 is 5.41 Å². The van der Waals surface area contributed by atoms with Crippen molar-refractivity contribution >= 4 is 27.8 Å². The summed E-state index contributed by atoms with van der Waals surface area (Å²) in [5, 5.41) is 21.1. The first-order valence-electron chi connectivity index (χ1n) is 14.8. The molecule has 0 saturated carbocycles. The molecule has 6 N–H and O–H groups in total. The largest absolute Gasteiger partial charge is 0.396 e. The SMILES string of the molecule is CCCCc1nc2c(N)nc3cc(CCCN4CCN(CCCCN)CC4)ccc3c2n1CC(C)(CO)CO. The number of aryl methyl sites for hydroxylation is 2. The Morgan fingerprint density at radius 3 is 2.26 bits per heavy atom. The second kappa shape index (κ2) is 13.9. The summed E-state index contributed by atoms with van der Waals surface area (Å²) >= 11 is 0. The number of aliphatic hydroxyl groups is 2. The summed E-state index contributed by atoms with van der Waals surface area (Å²) in [4.78, 5) is 14.8. The van der Waals surface area contributed by atoms with Gasteiger partial charge in [-0.1, -0.05) is 32.4 Å². The van der Waals surface area contributed by atoms with Gasteiger partial charge in [-0.25, -0.2) is 9.97 Å². The van der Waals surface area contributed by atoms with Crippen molar-refractivity contribution in [3.63, 3.8) is 0 Å². The van der Waals surface area contributed by atoms with Crippen molar-refractivity contribution < 1.29 is 10.2 Å². The topological polar surface area (TPSA) is 130 Å². The summed E-state index contributed by atoms with van der Waals surface area (Å²) in [6.07, 6.45) is 7.32. The molecule has 9 nitrogen and oxygen atoms in total. The van der Waals surface area contributed by atoms with Gasteiger partial charge in [0, 0.05) is 49.9 Å². The predicted molar refractivity (Wildman–Crippen MR) is 160 cm³/mol. The fourth-order valence-electron chi connectivity index (χ4n) is 5.61. The minimum Gasteiger partial charge on any atom is -0.396 e. The van der Waals surface area contributed by atoms with Gasteiger partial charge in [0.25, 0.3) is 0 Å². The molecular weight excluding hydrogens is 490 g/mol. The Hall–Kier alpha value is -2.30. The van der Waals surface area contributed by atoms with Crippen LogP contribution in [0.5, 0.6) is 0 Å². The van der Waals surface area contributed by atoms with Gasteiger partial charge in [-0.15, -0.1) is 0 Å². The standard InChI is InChI=1S/C30H49N7O2/c1-3-4-9-26-34-27-28(37(26)20-30(2,21-38)22-39)24-11-10-23(19-25(24)33-29(27)32)8-7-14-36-17-15-35(16-18-36)13-6-5-12-31/h10-11,19,38-39H,3-9,12-18,20-22,31H2,1-2H3,(H2,32,33). The molecule has 0 aliphatic carbocycles. The highest BCUT2D eigenvalue weighted by molar-refractivity contribution is 6.06. The Labute approximate surface area is 233 Å². The summed E-state index contributed by atoms with van der Waals surface area (Å²) in [5.74, 6) is 1.37. The van der Waals surface area contributed by atoms with Crippen molar-refractivity contribution in [2.75, 3.05) is 64.8 Å². The molecule has 1 saturated heterocycles. The number of aliphatic hydroxyl groups excluding tert-OH is 2. The molecule has 3 aromatic rings. The van der Waals surface area contributed by atoms with Gasteiger partial charge in [-0.3, -0.25) is 0 Å². The lowest BCUT2D eigenvalue weighted by atomic mass is 9.92. The minimum absolute atomic E-state index is 0.109. The number of imidazole rings is 1. The zero-order valence-corrected chi connectivity index (χ0v) is 24.0. The number of nitrogen functional groups attached to an aromatic ring is 1. The van der Waals surface area contributed by atoms with Crippen molar-refractivity contribution in [3.8, 4) is 0 Å². The highest BCUT2D eigenvalue weighted by Crippen LogP contribution is 2.32. The van der Waals surface area contributed by atoms with Crippen LogP contribution in [-0.2, 0) is 19.4 Å². The zero-order chi connectivity index (χ0) is 27.8. The lowest BCUT2D eigenvalue weighted by Crippen LogP contribution is -2.46. The van der Waals surface area contributed by atoms with E-state index in [1.165, 1.54) is 18.5 Å². The number of fused-ring (bicyclic) bond motifs is 3. The van der Waals surface area contributed by atoms with Gasteiger partial charge in [-0.2, -0.15) is 0 Å². The van der Waals surface area contributed by atoms with E-state index >= 15 is 0 Å². The highest BCUT2D eigenvalue weighted by Gasteiger charge is 2.27. The molecule has 1 aliphatic rings. The van der Waals surface area contributed by atoms with Gasteiger partial charge < -0.3 is 36.0 Å². The molecule has 9 heteroatoms. The van der Waals surface area contributed by atoms with Gasteiger partial charge in [0.15, 0.2) is 5.82 Å². The Morgan fingerprint density at radius 2 is 1.62 bits per heavy atom. The number of hydrogen-bond acceptors (Lipinski definition) is 8. The van der Waals surface area contributed by atoms with E-state index in [0.29, 0.717) is 17.9 Å². The van der Waals surface area contributed by atoms with Crippen LogP contribution in [0.3, 0.4) is 0 Å². The molecule has 216 valence electrons. The molecular formula is C30H49N7O2. The van der Waals surface area contributed by atoms with E-state index in [9.17, 15) is 10.2 Å². The molecule has 1 fully saturated rings. The van der Waals surface area contributed by atoms with Crippen LogP contribution in [0.1, 0.15) is 57.3 Å². The molecule has 3 heterocycles. The van der Waals surface area contributed by atoms with Crippen LogP contribution in [0.4, 0.5) is 5.82 Å².